The largest absolute Gasteiger partial charge is 0.207 e. The molecule has 492 valence electrons. The molecule has 0 saturated heterocycles. The Hall–Kier alpha value is -5.87. The SMILES string of the molecule is C=C/C(Cl)=C\C=C\CC.CC.CC.CC.CC.CC.CC.CC.CC.CCc1cc(C)cc(F)c1.CCc1ccc(C)cc1.CCc1ccc(F)cc1.CCc1cccc(C)c1.CCc1cccc(F)c1.CCc1ccccc1.Cc1cccc(Cl)c1. The van der Waals surface area contributed by atoms with Crippen molar-refractivity contribution in [3.8, 4) is 0 Å². The molecule has 0 unspecified atom stereocenters. The number of hydrogen-bond acceptors (Lipinski definition) is 0. The molecule has 0 bridgehead atoms. The number of allylic oxidation sites excluding steroid dienone is 5. The lowest BCUT2D eigenvalue weighted by Crippen LogP contribution is -1.84. The third-order valence-corrected chi connectivity index (χ3v) is 10.7. The summed E-state index contributed by atoms with van der Waals surface area (Å²) in [5.41, 5.74) is 12.4. The molecule has 0 saturated carbocycles. The van der Waals surface area contributed by atoms with Crippen molar-refractivity contribution in [2.24, 2.45) is 0 Å². The number of aryl methyl sites for hydroxylation is 10. The fourth-order valence-electron chi connectivity index (χ4n) is 5.93. The Morgan fingerprint density at radius 1 is 0.345 bits per heavy atom. The minimum absolute atomic E-state index is 0.128. The highest BCUT2D eigenvalue weighted by atomic mass is 35.5. The lowest BCUT2D eigenvalue weighted by atomic mass is 10.1. The van der Waals surface area contributed by atoms with Crippen molar-refractivity contribution in [3.63, 3.8) is 0 Å². The average molecular weight is 1240 g/mol. The summed E-state index contributed by atoms with van der Waals surface area (Å²) in [5.74, 6) is -0.432. The molecule has 0 atom stereocenters. The Balaban J connectivity index is -0.000000110. The van der Waals surface area contributed by atoms with Crippen LogP contribution in [0.15, 0.2) is 206 Å². The zero-order valence-corrected chi connectivity index (χ0v) is 62.0. The van der Waals surface area contributed by atoms with Crippen molar-refractivity contribution in [3.05, 3.63) is 284 Å². The summed E-state index contributed by atoms with van der Waals surface area (Å²) in [7, 11) is 0. The molecular formula is C82H129Cl2F3. The first-order chi connectivity index (χ1) is 42.0. The van der Waals surface area contributed by atoms with Gasteiger partial charge in [0, 0.05) is 10.1 Å². The van der Waals surface area contributed by atoms with Crippen LogP contribution in [0.25, 0.3) is 0 Å². The molecule has 0 aromatic heterocycles. The van der Waals surface area contributed by atoms with Crippen LogP contribution in [0.1, 0.15) is 221 Å². The molecule has 0 spiro atoms. The van der Waals surface area contributed by atoms with Crippen molar-refractivity contribution in [2.75, 3.05) is 0 Å². The van der Waals surface area contributed by atoms with E-state index in [9.17, 15) is 13.2 Å². The number of rotatable bonds is 9. The van der Waals surface area contributed by atoms with Crippen LogP contribution in [0, 0.1) is 45.1 Å². The van der Waals surface area contributed by atoms with E-state index in [0.717, 1.165) is 66.7 Å². The number of hydrogen-bond donors (Lipinski definition) is 0. The highest BCUT2D eigenvalue weighted by Crippen LogP contribution is 2.10. The van der Waals surface area contributed by atoms with Gasteiger partial charge in [0.15, 0.2) is 0 Å². The van der Waals surface area contributed by atoms with E-state index in [1.165, 1.54) is 57.1 Å². The van der Waals surface area contributed by atoms with Gasteiger partial charge in [-0.25, -0.2) is 13.2 Å². The van der Waals surface area contributed by atoms with Gasteiger partial charge in [-0.1, -0.05) is 340 Å². The standard InChI is InChI=1S/C9H11F.2C9H12.C8H11Cl.2C8H9F.C8H10.C7H7Cl.8C2H6/c1-3-8-4-7(2)5-9(10)6-8;1-3-9-6-4-8(2)5-7-9;1-3-9-6-4-5-8(2)7-9;1-3-5-6-7-8(9)4-2;1-2-7-3-5-8(9)6-4-7;1-2-7-4-3-5-8(9)6-7;1-2-8-6-4-3-5-7-8;1-6-3-2-4-7(8)5-6;8*1-2/h4-6H,3H2,1-2H3;2*4-7H,3H2,1-2H3;4-7H,2-3H2,1H3;2*3-6H,2H2,1H3;3-7H,2H2,1H3;2-5H,1H3;8*1-2H3/b;;;6-5+,8-7+;;;;;;;;;;;;. The van der Waals surface area contributed by atoms with E-state index in [0.29, 0.717) is 5.03 Å². The summed E-state index contributed by atoms with van der Waals surface area (Å²) in [6, 6.07) is 53.8. The monoisotopic (exact) mass is 1240 g/mol. The molecule has 7 aromatic rings. The van der Waals surface area contributed by atoms with E-state index in [1.807, 2.05) is 206 Å². The summed E-state index contributed by atoms with van der Waals surface area (Å²) in [4.78, 5) is 0. The lowest BCUT2D eigenvalue weighted by molar-refractivity contribution is 0.624. The van der Waals surface area contributed by atoms with Crippen LogP contribution in [0.4, 0.5) is 13.2 Å². The van der Waals surface area contributed by atoms with Crippen LogP contribution < -0.4 is 0 Å². The number of halogens is 5. The highest BCUT2D eigenvalue weighted by Gasteiger charge is 1.95. The van der Waals surface area contributed by atoms with Crippen molar-refractivity contribution in [1.29, 1.82) is 0 Å². The van der Waals surface area contributed by atoms with Crippen LogP contribution in [-0.2, 0) is 38.5 Å². The summed E-state index contributed by atoms with van der Waals surface area (Å²) in [5, 5.41) is 1.49. The second kappa shape index (κ2) is 82.2. The Morgan fingerprint density at radius 3 is 1.02 bits per heavy atom. The third-order valence-electron chi connectivity index (χ3n) is 10.2. The predicted molar refractivity (Wildman–Crippen MR) is 400 cm³/mol. The molecule has 0 aliphatic rings. The zero-order valence-electron chi connectivity index (χ0n) is 60.5. The van der Waals surface area contributed by atoms with E-state index in [4.69, 9.17) is 23.2 Å². The summed E-state index contributed by atoms with van der Waals surface area (Å²) in [6.45, 7) is 58.3. The fourth-order valence-corrected chi connectivity index (χ4v) is 6.25. The van der Waals surface area contributed by atoms with E-state index in [1.54, 1.807) is 42.5 Å². The molecule has 0 aliphatic carbocycles. The predicted octanol–water partition coefficient (Wildman–Crippen LogP) is 29.0. The van der Waals surface area contributed by atoms with Crippen molar-refractivity contribution >= 4 is 23.2 Å². The maximum absolute atomic E-state index is 12.6. The topological polar surface area (TPSA) is 0 Å². The maximum atomic E-state index is 12.6. The van der Waals surface area contributed by atoms with Gasteiger partial charge in [-0.15, -0.1) is 0 Å². The molecule has 0 radical (unpaired) electrons. The normalized spacial score (nSPS) is 8.62. The van der Waals surface area contributed by atoms with E-state index in [-0.39, 0.29) is 17.5 Å². The summed E-state index contributed by atoms with van der Waals surface area (Å²) >= 11 is 11.2. The minimum atomic E-state index is -0.160. The molecule has 0 heterocycles. The summed E-state index contributed by atoms with van der Waals surface area (Å²) in [6.07, 6.45) is 14.6. The van der Waals surface area contributed by atoms with Gasteiger partial charge in [0.05, 0.1) is 0 Å². The number of benzene rings is 7. The molecule has 87 heavy (non-hydrogen) atoms. The van der Waals surface area contributed by atoms with Gasteiger partial charge in [0.25, 0.3) is 0 Å². The minimum Gasteiger partial charge on any atom is -0.207 e. The van der Waals surface area contributed by atoms with E-state index in [2.05, 4.69) is 121 Å². The molecule has 5 heteroatoms. The van der Waals surface area contributed by atoms with Crippen LogP contribution in [0.3, 0.4) is 0 Å². The van der Waals surface area contributed by atoms with Gasteiger partial charge >= 0.3 is 0 Å². The lowest BCUT2D eigenvalue weighted by Gasteiger charge is -1.97. The van der Waals surface area contributed by atoms with Gasteiger partial charge < -0.3 is 0 Å². The smallest absolute Gasteiger partial charge is 0.123 e. The van der Waals surface area contributed by atoms with Crippen LogP contribution in [0.2, 0.25) is 5.02 Å². The van der Waals surface area contributed by atoms with Gasteiger partial charge in [0.1, 0.15) is 17.5 Å². The first-order valence-corrected chi connectivity index (χ1v) is 33.6. The molecule has 0 nitrogen and oxygen atoms in total. The van der Waals surface area contributed by atoms with E-state index >= 15 is 0 Å². The molecule has 7 aromatic carbocycles. The van der Waals surface area contributed by atoms with Gasteiger partial charge in [-0.2, -0.15) is 0 Å². The quantitative estimate of drug-likeness (QED) is 0.126. The fraction of sp³-hybridized carbons (Fsp3) is 0.415. The van der Waals surface area contributed by atoms with Crippen molar-refractivity contribution < 1.29 is 13.2 Å². The van der Waals surface area contributed by atoms with Crippen molar-refractivity contribution in [2.45, 2.75) is 232 Å². The van der Waals surface area contributed by atoms with E-state index < -0.39 is 0 Å². The maximum Gasteiger partial charge on any atom is 0.123 e. The first-order valence-electron chi connectivity index (χ1n) is 32.8. The summed E-state index contributed by atoms with van der Waals surface area (Å²) < 4.78 is 37.2. The zero-order chi connectivity index (χ0) is 69.2. The highest BCUT2D eigenvalue weighted by molar-refractivity contribution is 6.31. The second-order valence-corrected chi connectivity index (χ2v) is 17.2. The Morgan fingerprint density at radius 2 is 0.701 bits per heavy atom. The molecule has 0 amide bonds. The van der Waals surface area contributed by atoms with Crippen molar-refractivity contribution in [1.82, 2.24) is 0 Å². The van der Waals surface area contributed by atoms with Gasteiger partial charge in [-0.05, 0) is 172 Å². The average Bonchev–Trinajstić information content (AvgIpc) is 3.59. The second-order valence-electron chi connectivity index (χ2n) is 16.4. The molecule has 0 fully saturated rings. The van der Waals surface area contributed by atoms with Gasteiger partial charge in [-0.3, -0.25) is 0 Å². The third kappa shape index (κ3) is 70.8. The Bertz CT molecular complexity index is 2340. The van der Waals surface area contributed by atoms with Crippen LogP contribution in [0.5, 0.6) is 0 Å². The molecule has 0 N–H and O–H groups in total. The van der Waals surface area contributed by atoms with Crippen LogP contribution >= 0.6 is 23.2 Å². The first kappa shape index (κ1) is 100. The molecular weight excluding hydrogens is 1110 g/mol. The van der Waals surface area contributed by atoms with Gasteiger partial charge in [0.2, 0.25) is 0 Å². The molecule has 0 aliphatic heterocycles. The Labute approximate surface area is 548 Å². The molecule has 7 rings (SSSR count). The Kier molecular flexibility index (Phi) is 94.6. The van der Waals surface area contributed by atoms with Crippen LogP contribution in [-0.4, -0.2) is 0 Å².